The van der Waals surface area contributed by atoms with Crippen LogP contribution in [0.5, 0.6) is 11.5 Å². The summed E-state index contributed by atoms with van der Waals surface area (Å²) in [5.74, 6) is -1.01. The maximum atomic E-state index is 13.0. The lowest BCUT2D eigenvalue weighted by atomic mass is 10.2. The zero-order chi connectivity index (χ0) is 27.2. The van der Waals surface area contributed by atoms with Crippen molar-refractivity contribution in [3.05, 3.63) is 81.4 Å². The van der Waals surface area contributed by atoms with Gasteiger partial charge in [0.25, 0.3) is 15.7 Å². The molecule has 0 aliphatic carbocycles. The van der Waals surface area contributed by atoms with Crippen molar-refractivity contribution in [2.75, 3.05) is 10.1 Å². The van der Waals surface area contributed by atoms with Crippen LogP contribution in [-0.2, 0) is 10.0 Å². The molecule has 16 heteroatoms. The van der Waals surface area contributed by atoms with Crippen LogP contribution in [-0.4, -0.2) is 32.8 Å². The Labute approximate surface area is 211 Å². The van der Waals surface area contributed by atoms with Crippen LogP contribution in [0.1, 0.15) is 5.56 Å². The van der Waals surface area contributed by atoms with E-state index in [1.165, 1.54) is 24.3 Å². The fourth-order valence-electron chi connectivity index (χ4n) is 2.83. The molecule has 0 radical (unpaired) electrons. The second-order valence-corrected chi connectivity index (χ2v) is 8.96. The van der Waals surface area contributed by atoms with E-state index in [4.69, 9.17) is 11.6 Å². The van der Waals surface area contributed by atoms with E-state index in [2.05, 4.69) is 24.7 Å². The number of rotatable bonds is 11. The van der Waals surface area contributed by atoms with Crippen LogP contribution in [0.15, 0.2) is 70.7 Å². The fourth-order valence-corrected chi connectivity index (χ4v) is 4.20. The first-order valence-electron chi connectivity index (χ1n) is 9.84. The summed E-state index contributed by atoms with van der Waals surface area (Å²) in [6.45, 7) is -6.50. The molecule has 0 unspecified atom stereocenters. The van der Waals surface area contributed by atoms with Gasteiger partial charge in [0.1, 0.15) is 16.4 Å². The third-order valence-electron chi connectivity index (χ3n) is 4.38. The zero-order valence-corrected chi connectivity index (χ0v) is 19.7. The summed E-state index contributed by atoms with van der Waals surface area (Å²) in [5.41, 5.74) is 1.63. The summed E-state index contributed by atoms with van der Waals surface area (Å²) in [6.07, 6.45) is 0.939. The van der Waals surface area contributed by atoms with Crippen molar-refractivity contribution in [3.8, 4) is 11.5 Å². The molecule has 10 nitrogen and oxygen atoms in total. The van der Waals surface area contributed by atoms with Gasteiger partial charge in [-0.05, 0) is 42.5 Å². The third kappa shape index (κ3) is 7.68. The molecule has 0 aromatic heterocycles. The summed E-state index contributed by atoms with van der Waals surface area (Å²) in [6, 6.07) is 11.4. The summed E-state index contributed by atoms with van der Waals surface area (Å²) >= 11 is 5.79. The summed E-state index contributed by atoms with van der Waals surface area (Å²) < 4.78 is 87.0. The number of nitro benzene ring substituents is 1. The van der Waals surface area contributed by atoms with Crippen LogP contribution in [0.4, 0.5) is 34.6 Å². The Morgan fingerprint density at radius 1 is 0.973 bits per heavy atom. The summed E-state index contributed by atoms with van der Waals surface area (Å²) in [5, 5.41) is 15.3. The molecule has 3 aromatic rings. The number of ether oxygens (including phenoxy) is 2. The Morgan fingerprint density at radius 2 is 1.65 bits per heavy atom. The van der Waals surface area contributed by atoms with E-state index in [0.29, 0.717) is 5.02 Å². The SMILES string of the molecule is O=[N+]([O-])c1ccc(N/N=C/c2ccc(OC(F)F)cc2OC(F)F)c(S(=O)(=O)Nc2ccc(Cl)cc2)c1. The standard InChI is InChI=1S/C21H15ClF4N4O6S/c22-13-2-4-14(5-3-13)29-37(33,34)19-9-15(30(31)32)6-8-17(19)28-27-11-12-1-7-16(35-20(23)24)10-18(12)36-21(25)26/h1-11,20-21,28-29H/b27-11+. The first kappa shape index (κ1) is 27.5. The number of hydrazone groups is 1. The number of nitrogens with zero attached hydrogens (tertiary/aromatic N) is 2. The van der Waals surface area contributed by atoms with E-state index in [-0.39, 0.29) is 16.9 Å². The van der Waals surface area contributed by atoms with Crippen molar-refractivity contribution >= 4 is 44.9 Å². The Kier molecular flexibility index (Phi) is 8.73. The predicted octanol–water partition coefficient (Wildman–Crippen LogP) is 5.70. The number of anilines is 2. The number of sulfonamides is 1. The van der Waals surface area contributed by atoms with Gasteiger partial charge >= 0.3 is 13.2 Å². The van der Waals surface area contributed by atoms with E-state index in [1.54, 1.807) is 0 Å². The number of nitrogens with one attached hydrogen (secondary N) is 2. The van der Waals surface area contributed by atoms with E-state index in [9.17, 15) is 36.1 Å². The van der Waals surface area contributed by atoms with Gasteiger partial charge in [0, 0.05) is 34.5 Å². The van der Waals surface area contributed by atoms with Gasteiger partial charge in [0.2, 0.25) is 0 Å². The molecule has 3 aromatic carbocycles. The molecule has 0 fully saturated rings. The molecule has 196 valence electrons. The number of hydrogen-bond acceptors (Lipinski definition) is 8. The minimum Gasteiger partial charge on any atom is -0.435 e. The average molecular weight is 563 g/mol. The van der Waals surface area contributed by atoms with Gasteiger partial charge in [-0.1, -0.05) is 11.6 Å². The van der Waals surface area contributed by atoms with Crippen LogP contribution >= 0.6 is 11.6 Å². The quantitative estimate of drug-likeness (QED) is 0.133. The van der Waals surface area contributed by atoms with Gasteiger partial charge in [-0.3, -0.25) is 20.3 Å². The van der Waals surface area contributed by atoms with Gasteiger partial charge in [-0.15, -0.1) is 0 Å². The van der Waals surface area contributed by atoms with Crippen LogP contribution < -0.4 is 19.6 Å². The summed E-state index contributed by atoms with van der Waals surface area (Å²) in [7, 11) is -4.39. The maximum Gasteiger partial charge on any atom is 0.387 e. The minimum absolute atomic E-state index is 0.111. The minimum atomic E-state index is -4.39. The number of alkyl halides is 4. The van der Waals surface area contributed by atoms with E-state index in [1.807, 2.05) is 0 Å². The normalized spacial score (nSPS) is 11.6. The highest BCUT2D eigenvalue weighted by Crippen LogP contribution is 2.30. The number of benzene rings is 3. The second-order valence-electron chi connectivity index (χ2n) is 6.88. The topological polar surface area (TPSA) is 132 Å². The van der Waals surface area contributed by atoms with Crippen molar-refractivity contribution in [3.63, 3.8) is 0 Å². The van der Waals surface area contributed by atoms with E-state index < -0.39 is 50.3 Å². The molecule has 0 heterocycles. The molecule has 3 rings (SSSR count). The predicted molar refractivity (Wildman–Crippen MR) is 126 cm³/mol. The first-order valence-corrected chi connectivity index (χ1v) is 11.7. The molecule has 0 saturated heterocycles. The van der Waals surface area contributed by atoms with Crippen molar-refractivity contribution in [1.82, 2.24) is 0 Å². The lowest BCUT2D eigenvalue weighted by Gasteiger charge is -2.13. The van der Waals surface area contributed by atoms with Crippen LogP contribution in [0.2, 0.25) is 5.02 Å². The smallest absolute Gasteiger partial charge is 0.387 e. The van der Waals surface area contributed by atoms with E-state index >= 15 is 0 Å². The van der Waals surface area contributed by atoms with Gasteiger partial charge < -0.3 is 9.47 Å². The Morgan fingerprint density at radius 3 is 2.27 bits per heavy atom. The van der Waals surface area contributed by atoms with Crippen molar-refractivity contribution in [2.45, 2.75) is 18.1 Å². The number of non-ortho nitro benzene ring substituents is 1. The lowest BCUT2D eigenvalue weighted by Crippen LogP contribution is -2.15. The molecule has 0 aliphatic heterocycles. The van der Waals surface area contributed by atoms with Crippen LogP contribution in [0.3, 0.4) is 0 Å². The highest BCUT2D eigenvalue weighted by Gasteiger charge is 2.23. The van der Waals surface area contributed by atoms with Crippen molar-refractivity contribution in [1.29, 1.82) is 0 Å². The summed E-state index contributed by atoms with van der Waals surface area (Å²) in [4.78, 5) is 9.84. The number of nitro groups is 1. The highest BCUT2D eigenvalue weighted by atomic mass is 35.5. The van der Waals surface area contributed by atoms with Gasteiger partial charge in [-0.2, -0.15) is 22.7 Å². The van der Waals surface area contributed by atoms with E-state index in [0.717, 1.165) is 42.6 Å². The number of halogens is 5. The second kappa shape index (κ2) is 11.7. The van der Waals surface area contributed by atoms with Gasteiger partial charge in [-0.25, -0.2) is 8.42 Å². The van der Waals surface area contributed by atoms with Gasteiger partial charge in [0.15, 0.2) is 0 Å². The average Bonchev–Trinajstić information content (AvgIpc) is 2.81. The largest absolute Gasteiger partial charge is 0.435 e. The molecule has 0 atom stereocenters. The van der Waals surface area contributed by atoms with Gasteiger partial charge in [0.05, 0.1) is 16.8 Å². The molecule has 0 aliphatic rings. The Bertz CT molecular complexity index is 1410. The Hall–Kier alpha value is -4.11. The molecule has 0 saturated carbocycles. The third-order valence-corrected chi connectivity index (χ3v) is 6.05. The fraction of sp³-hybridized carbons (Fsp3) is 0.0952. The molecule has 37 heavy (non-hydrogen) atoms. The molecule has 0 spiro atoms. The van der Waals surface area contributed by atoms with Crippen molar-refractivity contribution in [2.24, 2.45) is 5.10 Å². The maximum absolute atomic E-state index is 13.0. The molecule has 0 bridgehead atoms. The van der Waals surface area contributed by atoms with Crippen LogP contribution in [0, 0.1) is 10.1 Å². The molecule has 2 N–H and O–H groups in total. The number of hydrogen-bond donors (Lipinski definition) is 2. The molecular formula is C21H15ClF4N4O6S. The first-order chi connectivity index (χ1) is 17.4. The Balaban J connectivity index is 1.92. The highest BCUT2D eigenvalue weighted by molar-refractivity contribution is 7.92. The lowest BCUT2D eigenvalue weighted by molar-refractivity contribution is -0.385. The monoisotopic (exact) mass is 562 g/mol. The van der Waals surface area contributed by atoms with Crippen molar-refractivity contribution < 1.29 is 40.4 Å². The zero-order valence-electron chi connectivity index (χ0n) is 18.1. The molecular weight excluding hydrogens is 548 g/mol. The molecule has 0 amide bonds. The van der Waals surface area contributed by atoms with Crippen LogP contribution in [0.25, 0.3) is 0 Å².